The lowest BCUT2D eigenvalue weighted by molar-refractivity contribution is -0.152. The van der Waals surface area contributed by atoms with Gasteiger partial charge in [-0.3, -0.25) is 19.3 Å². The molecule has 2 amide bonds. The highest BCUT2D eigenvalue weighted by atomic mass is 16.5. The highest BCUT2D eigenvalue weighted by Gasteiger charge is 2.24. The number of benzene rings is 1. The van der Waals surface area contributed by atoms with E-state index in [4.69, 9.17) is 29.5 Å². The Morgan fingerprint density at radius 2 is 1.44 bits per heavy atom. The highest BCUT2D eigenvalue weighted by molar-refractivity contribution is 5.92. The first-order valence-corrected chi connectivity index (χ1v) is 12.5. The molecule has 0 bridgehead atoms. The van der Waals surface area contributed by atoms with Crippen molar-refractivity contribution in [2.75, 3.05) is 67.1 Å². The molecule has 0 aliphatic carbocycles. The molecule has 216 valence electrons. The summed E-state index contributed by atoms with van der Waals surface area (Å²) in [5.74, 6) is -1.09. The SMILES string of the molecule is COc1cc(/C=C/C(=O)N2CCN(CC(=O)N3CCCC3)CC2)cc(OC)c1OC.O=C(O)CC(O)C(=O)O. The molecule has 2 fully saturated rings. The molecule has 13 heteroatoms. The second kappa shape index (κ2) is 15.5. The third-order valence-electron chi connectivity index (χ3n) is 6.26. The number of carbonyl (C=O) groups excluding carboxylic acids is 2. The molecule has 1 atom stereocenters. The normalized spacial score (nSPS) is 16.3. The van der Waals surface area contributed by atoms with Crippen LogP contribution in [0.4, 0.5) is 0 Å². The summed E-state index contributed by atoms with van der Waals surface area (Å²) in [5, 5.41) is 24.1. The number of likely N-dealkylation sites (tertiary alicyclic amines) is 1. The highest BCUT2D eigenvalue weighted by Crippen LogP contribution is 2.38. The first-order valence-electron chi connectivity index (χ1n) is 12.5. The summed E-state index contributed by atoms with van der Waals surface area (Å²) in [6.07, 6.45) is 2.97. The van der Waals surface area contributed by atoms with Gasteiger partial charge in [-0.05, 0) is 36.6 Å². The largest absolute Gasteiger partial charge is 0.493 e. The van der Waals surface area contributed by atoms with Crippen molar-refractivity contribution in [2.45, 2.75) is 25.4 Å². The molecule has 2 saturated heterocycles. The van der Waals surface area contributed by atoms with Crippen molar-refractivity contribution < 1.29 is 48.7 Å². The quantitative estimate of drug-likeness (QED) is 0.345. The number of amides is 2. The van der Waals surface area contributed by atoms with Gasteiger partial charge >= 0.3 is 11.9 Å². The van der Waals surface area contributed by atoms with Crippen LogP contribution in [0.5, 0.6) is 17.2 Å². The van der Waals surface area contributed by atoms with Crippen molar-refractivity contribution in [1.82, 2.24) is 14.7 Å². The monoisotopic (exact) mass is 551 g/mol. The Kier molecular flexibility index (Phi) is 12.5. The van der Waals surface area contributed by atoms with Gasteiger partial charge in [-0.2, -0.15) is 0 Å². The third-order valence-corrected chi connectivity index (χ3v) is 6.26. The number of carbonyl (C=O) groups is 4. The van der Waals surface area contributed by atoms with E-state index in [9.17, 15) is 19.2 Å². The van der Waals surface area contributed by atoms with Gasteiger partial charge in [-0.25, -0.2) is 4.79 Å². The van der Waals surface area contributed by atoms with Gasteiger partial charge in [-0.15, -0.1) is 0 Å². The molecule has 0 aromatic heterocycles. The molecule has 0 radical (unpaired) electrons. The number of ether oxygens (including phenoxy) is 3. The average molecular weight is 552 g/mol. The van der Waals surface area contributed by atoms with Crippen LogP contribution in [0, 0.1) is 0 Å². The molecule has 0 saturated carbocycles. The Morgan fingerprint density at radius 1 is 0.872 bits per heavy atom. The smallest absolute Gasteiger partial charge is 0.333 e. The lowest BCUT2D eigenvalue weighted by Crippen LogP contribution is -2.51. The summed E-state index contributed by atoms with van der Waals surface area (Å²) < 4.78 is 16.0. The van der Waals surface area contributed by atoms with Gasteiger partial charge in [-0.1, -0.05) is 0 Å². The Morgan fingerprint density at radius 3 is 1.87 bits per heavy atom. The van der Waals surface area contributed by atoms with Crippen LogP contribution in [-0.4, -0.2) is 127 Å². The number of carboxylic acids is 2. The average Bonchev–Trinajstić information content (AvgIpc) is 3.47. The van der Waals surface area contributed by atoms with E-state index >= 15 is 0 Å². The van der Waals surface area contributed by atoms with Crippen LogP contribution in [0.1, 0.15) is 24.8 Å². The fourth-order valence-electron chi connectivity index (χ4n) is 4.11. The van der Waals surface area contributed by atoms with Crippen LogP contribution in [0.25, 0.3) is 6.08 Å². The number of methoxy groups -OCH3 is 3. The lowest BCUT2D eigenvalue weighted by atomic mass is 10.1. The Hall–Kier alpha value is -3.84. The van der Waals surface area contributed by atoms with Crippen molar-refractivity contribution in [3.8, 4) is 17.2 Å². The predicted octanol–water partition coefficient (Wildman–Crippen LogP) is 0.399. The van der Waals surface area contributed by atoms with E-state index in [1.165, 1.54) is 0 Å². The first-order chi connectivity index (χ1) is 18.6. The molecular formula is C26H37N3O10. The number of carboxylic acid groups (broad SMARTS) is 2. The second-order valence-electron chi connectivity index (χ2n) is 8.93. The molecule has 1 aromatic carbocycles. The zero-order valence-electron chi connectivity index (χ0n) is 22.5. The minimum absolute atomic E-state index is 0.0470. The van der Waals surface area contributed by atoms with Gasteiger partial charge in [0.05, 0.1) is 34.3 Å². The van der Waals surface area contributed by atoms with E-state index in [2.05, 4.69) is 4.90 Å². The zero-order chi connectivity index (χ0) is 28.9. The Labute approximate surface area is 227 Å². The van der Waals surface area contributed by atoms with Crippen LogP contribution in [0.15, 0.2) is 18.2 Å². The van der Waals surface area contributed by atoms with Gasteiger partial charge in [0.2, 0.25) is 17.6 Å². The number of piperazine rings is 1. The van der Waals surface area contributed by atoms with E-state index in [0.29, 0.717) is 50.0 Å². The van der Waals surface area contributed by atoms with Crippen molar-refractivity contribution in [1.29, 1.82) is 0 Å². The summed E-state index contributed by atoms with van der Waals surface area (Å²) in [6, 6.07) is 3.60. The topological polar surface area (TPSA) is 166 Å². The fourth-order valence-corrected chi connectivity index (χ4v) is 4.11. The van der Waals surface area contributed by atoms with Gasteiger partial charge in [0.1, 0.15) is 0 Å². The summed E-state index contributed by atoms with van der Waals surface area (Å²) in [4.78, 5) is 50.2. The van der Waals surface area contributed by atoms with E-state index < -0.39 is 24.5 Å². The van der Waals surface area contributed by atoms with Gasteiger partial charge < -0.3 is 39.3 Å². The maximum Gasteiger partial charge on any atom is 0.333 e. The summed E-state index contributed by atoms with van der Waals surface area (Å²) >= 11 is 0. The Bertz CT molecular complexity index is 1010. The van der Waals surface area contributed by atoms with E-state index in [1.807, 2.05) is 9.80 Å². The Balaban J connectivity index is 0.000000510. The number of aliphatic carboxylic acids is 2. The van der Waals surface area contributed by atoms with Crippen LogP contribution in [0.2, 0.25) is 0 Å². The number of nitrogens with zero attached hydrogens (tertiary/aromatic N) is 3. The standard InChI is InChI=1S/C22H31N3O5.C4H6O5/c1-28-18-14-17(15-19(29-2)22(18)30-3)6-7-20(26)25-12-10-23(11-13-25)16-21(27)24-8-4-5-9-24;5-2(4(8)9)1-3(6)7/h6-7,14-15H,4-5,8-13,16H2,1-3H3;2,5H,1H2,(H,6,7)(H,8,9)/b7-6+;. The van der Waals surface area contributed by atoms with Crippen LogP contribution >= 0.6 is 0 Å². The van der Waals surface area contributed by atoms with E-state index in [-0.39, 0.29) is 11.8 Å². The minimum atomic E-state index is -1.79. The molecule has 1 aromatic rings. The van der Waals surface area contributed by atoms with Crippen molar-refractivity contribution in [3.63, 3.8) is 0 Å². The molecule has 3 N–H and O–H groups in total. The van der Waals surface area contributed by atoms with Crippen LogP contribution in [0.3, 0.4) is 0 Å². The summed E-state index contributed by atoms with van der Waals surface area (Å²) in [5.41, 5.74) is 0.785. The van der Waals surface area contributed by atoms with Crippen molar-refractivity contribution in [2.24, 2.45) is 0 Å². The molecule has 3 rings (SSSR count). The molecule has 39 heavy (non-hydrogen) atoms. The zero-order valence-corrected chi connectivity index (χ0v) is 22.5. The van der Waals surface area contributed by atoms with Gasteiger partial charge in [0.15, 0.2) is 17.6 Å². The number of aliphatic hydroxyl groups is 1. The van der Waals surface area contributed by atoms with Gasteiger partial charge in [0.25, 0.3) is 0 Å². The van der Waals surface area contributed by atoms with E-state index in [1.54, 1.807) is 45.6 Å². The van der Waals surface area contributed by atoms with Crippen molar-refractivity contribution in [3.05, 3.63) is 23.8 Å². The number of hydrogen-bond acceptors (Lipinski definition) is 9. The van der Waals surface area contributed by atoms with Crippen LogP contribution < -0.4 is 14.2 Å². The lowest BCUT2D eigenvalue weighted by Gasteiger charge is -2.34. The third kappa shape index (κ3) is 9.76. The molecule has 2 aliphatic rings. The predicted molar refractivity (Wildman–Crippen MR) is 140 cm³/mol. The minimum Gasteiger partial charge on any atom is -0.493 e. The molecule has 1 unspecified atom stereocenters. The summed E-state index contributed by atoms with van der Waals surface area (Å²) in [6.45, 7) is 4.86. The molecular weight excluding hydrogens is 514 g/mol. The van der Waals surface area contributed by atoms with Crippen LogP contribution in [-0.2, 0) is 19.2 Å². The number of hydrogen-bond donors (Lipinski definition) is 3. The second-order valence-corrected chi connectivity index (χ2v) is 8.93. The molecule has 2 heterocycles. The summed E-state index contributed by atoms with van der Waals surface area (Å²) in [7, 11) is 4.67. The van der Waals surface area contributed by atoms with E-state index in [0.717, 1.165) is 31.5 Å². The number of aliphatic hydroxyl groups excluding tert-OH is 1. The fraction of sp³-hybridized carbons (Fsp3) is 0.538. The number of rotatable bonds is 10. The van der Waals surface area contributed by atoms with Crippen molar-refractivity contribution >= 4 is 29.8 Å². The molecule has 0 spiro atoms. The maximum atomic E-state index is 12.6. The first kappa shape index (κ1) is 31.4. The maximum absolute atomic E-state index is 12.6. The molecule has 13 nitrogen and oxygen atoms in total. The van der Waals surface area contributed by atoms with Gasteiger partial charge in [0, 0.05) is 45.3 Å². The molecule has 2 aliphatic heterocycles.